The number of hydrogen-bond acceptors (Lipinski definition) is 5. The van der Waals surface area contributed by atoms with Crippen molar-refractivity contribution in [3.8, 4) is 0 Å². The van der Waals surface area contributed by atoms with E-state index in [0.717, 1.165) is 31.6 Å². The van der Waals surface area contributed by atoms with Crippen LogP contribution in [0.4, 0.5) is 0 Å². The van der Waals surface area contributed by atoms with E-state index in [-0.39, 0.29) is 5.60 Å². The molecule has 1 fully saturated rings. The summed E-state index contributed by atoms with van der Waals surface area (Å²) in [5.41, 5.74) is -0.333. The molecule has 0 saturated heterocycles. The van der Waals surface area contributed by atoms with Crippen LogP contribution in [0.15, 0.2) is 4.52 Å². The number of ether oxygens (including phenoxy) is 1. The molecule has 0 radical (unpaired) electrons. The molecule has 1 aliphatic rings. The maximum absolute atomic E-state index is 6.04. The molecule has 0 aliphatic heterocycles. The average Bonchev–Trinajstić information content (AvgIpc) is 2.86. The van der Waals surface area contributed by atoms with E-state index < -0.39 is 0 Å². The highest BCUT2D eigenvalue weighted by molar-refractivity contribution is 5.04. The average molecular weight is 267 g/mol. The Hall–Kier alpha value is -0.940. The highest BCUT2D eigenvalue weighted by Crippen LogP contribution is 2.41. The first-order valence-electron chi connectivity index (χ1n) is 7.38. The van der Waals surface area contributed by atoms with Gasteiger partial charge < -0.3 is 14.6 Å². The van der Waals surface area contributed by atoms with E-state index in [1.807, 2.05) is 6.92 Å². The molecule has 1 N–H and O–H groups in total. The summed E-state index contributed by atoms with van der Waals surface area (Å²) in [4.78, 5) is 4.53. The quantitative estimate of drug-likeness (QED) is 0.858. The summed E-state index contributed by atoms with van der Waals surface area (Å²) < 4.78 is 11.4. The third-order valence-corrected chi connectivity index (χ3v) is 3.78. The van der Waals surface area contributed by atoms with Crippen LogP contribution in [0.2, 0.25) is 0 Å². The van der Waals surface area contributed by atoms with Crippen LogP contribution in [-0.4, -0.2) is 23.3 Å². The van der Waals surface area contributed by atoms with E-state index in [2.05, 4.69) is 29.3 Å². The SMILES string of the molecule is CCNCc1nc(C2(OCC)CCCC(C)C2)no1. The Bertz CT molecular complexity index is 390. The lowest BCUT2D eigenvalue weighted by Gasteiger charge is -2.37. The van der Waals surface area contributed by atoms with Crippen molar-refractivity contribution >= 4 is 0 Å². The fraction of sp³-hybridized carbons (Fsp3) is 0.857. The van der Waals surface area contributed by atoms with Crippen molar-refractivity contribution in [3.05, 3.63) is 11.7 Å². The molecule has 2 unspecified atom stereocenters. The van der Waals surface area contributed by atoms with E-state index in [0.29, 0.717) is 25.0 Å². The summed E-state index contributed by atoms with van der Waals surface area (Å²) in [6.45, 7) is 8.56. The molecule has 2 rings (SSSR count). The fourth-order valence-electron chi connectivity index (χ4n) is 2.92. The van der Waals surface area contributed by atoms with Crippen LogP contribution in [0, 0.1) is 5.92 Å². The highest BCUT2D eigenvalue weighted by Gasteiger charge is 2.41. The Morgan fingerprint density at radius 2 is 2.32 bits per heavy atom. The molecule has 0 aromatic carbocycles. The zero-order valence-corrected chi connectivity index (χ0v) is 12.2. The van der Waals surface area contributed by atoms with Gasteiger partial charge in [-0.2, -0.15) is 4.98 Å². The second kappa shape index (κ2) is 6.48. The summed E-state index contributed by atoms with van der Waals surface area (Å²) in [6.07, 6.45) is 4.40. The van der Waals surface area contributed by atoms with Gasteiger partial charge in [0.15, 0.2) is 0 Å². The minimum Gasteiger partial charge on any atom is -0.367 e. The van der Waals surface area contributed by atoms with Crippen molar-refractivity contribution < 1.29 is 9.26 Å². The van der Waals surface area contributed by atoms with Crippen LogP contribution in [-0.2, 0) is 16.9 Å². The molecule has 5 heteroatoms. The maximum atomic E-state index is 6.04. The van der Waals surface area contributed by atoms with Gasteiger partial charge in [0.1, 0.15) is 5.60 Å². The van der Waals surface area contributed by atoms with Gasteiger partial charge in [-0.3, -0.25) is 0 Å². The topological polar surface area (TPSA) is 60.2 Å². The van der Waals surface area contributed by atoms with E-state index >= 15 is 0 Å². The van der Waals surface area contributed by atoms with Crippen molar-refractivity contribution in [1.29, 1.82) is 0 Å². The van der Waals surface area contributed by atoms with Crippen molar-refractivity contribution in [2.24, 2.45) is 5.92 Å². The molecule has 0 amide bonds. The predicted octanol–water partition coefficient (Wildman–Crippen LogP) is 2.62. The van der Waals surface area contributed by atoms with Gasteiger partial charge in [0.2, 0.25) is 11.7 Å². The van der Waals surface area contributed by atoms with E-state index in [9.17, 15) is 0 Å². The molecule has 19 heavy (non-hydrogen) atoms. The largest absolute Gasteiger partial charge is 0.367 e. The maximum Gasteiger partial charge on any atom is 0.240 e. The Balaban J connectivity index is 2.15. The smallest absolute Gasteiger partial charge is 0.240 e. The first-order chi connectivity index (χ1) is 9.20. The molecule has 5 nitrogen and oxygen atoms in total. The second-order valence-electron chi connectivity index (χ2n) is 5.42. The molecular formula is C14H25N3O2. The standard InChI is InChI=1S/C14H25N3O2/c1-4-15-10-12-16-13(17-19-12)14(18-5-2)8-6-7-11(3)9-14/h11,15H,4-10H2,1-3H3. The van der Waals surface area contributed by atoms with Gasteiger partial charge in [-0.15, -0.1) is 0 Å². The lowest BCUT2D eigenvalue weighted by molar-refractivity contribution is -0.0891. The molecule has 1 aromatic heterocycles. The normalized spacial score (nSPS) is 27.6. The van der Waals surface area contributed by atoms with Crippen LogP contribution in [0.1, 0.15) is 58.2 Å². The summed E-state index contributed by atoms with van der Waals surface area (Å²) in [7, 11) is 0. The number of nitrogens with one attached hydrogen (secondary N) is 1. The molecule has 1 aromatic rings. The van der Waals surface area contributed by atoms with Gasteiger partial charge in [-0.05, 0) is 38.6 Å². The molecule has 1 heterocycles. The van der Waals surface area contributed by atoms with Crippen molar-refractivity contribution in [3.63, 3.8) is 0 Å². The number of hydrogen-bond donors (Lipinski definition) is 1. The lowest BCUT2D eigenvalue weighted by atomic mass is 9.78. The first kappa shape index (κ1) is 14.5. The van der Waals surface area contributed by atoms with Gasteiger partial charge in [0.05, 0.1) is 6.54 Å². The van der Waals surface area contributed by atoms with Crippen molar-refractivity contribution in [2.45, 2.75) is 58.6 Å². The van der Waals surface area contributed by atoms with Gasteiger partial charge >= 0.3 is 0 Å². The third kappa shape index (κ3) is 3.34. The van der Waals surface area contributed by atoms with Gasteiger partial charge in [-0.1, -0.05) is 25.4 Å². The number of rotatable bonds is 6. The predicted molar refractivity (Wildman–Crippen MR) is 72.6 cm³/mol. The molecule has 108 valence electrons. The molecule has 1 aliphatic carbocycles. The minimum absolute atomic E-state index is 0.333. The molecular weight excluding hydrogens is 242 g/mol. The molecule has 0 spiro atoms. The Morgan fingerprint density at radius 1 is 1.47 bits per heavy atom. The van der Waals surface area contributed by atoms with Crippen molar-refractivity contribution in [1.82, 2.24) is 15.5 Å². The Morgan fingerprint density at radius 3 is 3.00 bits per heavy atom. The van der Waals surface area contributed by atoms with Crippen LogP contribution in [0.3, 0.4) is 0 Å². The minimum atomic E-state index is -0.333. The van der Waals surface area contributed by atoms with Crippen LogP contribution < -0.4 is 5.32 Å². The summed E-state index contributed by atoms with van der Waals surface area (Å²) >= 11 is 0. The Labute approximate surface area is 115 Å². The van der Waals surface area contributed by atoms with E-state index in [1.54, 1.807) is 0 Å². The number of aromatic nitrogens is 2. The number of nitrogens with zero attached hydrogens (tertiary/aromatic N) is 2. The van der Waals surface area contributed by atoms with Gasteiger partial charge in [0, 0.05) is 6.61 Å². The van der Waals surface area contributed by atoms with Gasteiger partial charge in [-0.25, -0.2) is 0 Å². The molecule has 1 saturated carbocycles. The summed E-state index contributed by atoms with van der Waals surface area (Å²) in [6, 6.07) is 0. The zero-order chi connectivity index (χ0) is 13.7. The van der Waals surface area contributed by atoms with Crippen LogP contribution in [0.25, 0.3) is 0 Å². The Kier molecular flexibility index (Phi) is 4.93. The fourth-order valence-corrected chi connectivity index (χ4v) is 2.92. The van der Waals surface area contributed by atoms with Crippen LogP contribution in [0.5, 0.6) is 0 Å². The van der Waals surface area contributed by atoms with Crippen molar-refractivity contribution in [2.75, 3.05) is 13.2 Å². The van der Waals surface area contributed by atoms with Gasteiger partial charge in [0.25, 0.3) is 0 Å². The molecule has 0 bridgehead atoms. The zero-order valence-electron chi connectivity index (χ0n) is 12.2. The summed E-state index contributed by atoms with van der Waals surface area (Å²) in [5, 5.41) is 7.36. The lowest BCUT2D eigenvalue weighted by Crippen LogP contribution is -2.36. The summed E-state index contributed by atoms with van der Waals surface area (Å²) in [5.74, 6) is 2.03. The second-order valence-corrected chi connectivity index (χ2v) is 5.42. The van der Waals surface area contributed by atoms with E-state index in [4.69, 9.17) is 9.26 Å². The molecule has 2 atom stereocenters. The van der Waals surface area contributed by atoms with E-state index in [1.165, 1.54) is 6.42 Å². The monoisotopic (exact) mass is 267 g/mol. The highest BCUT2D eigenvalue weighted by atomic mass is 16.5. The van der Waals surface area contributed by atoms with Crippen LogP contribution >= 0.6 is 0 Å². The third-order valence-electron chi connectivity index (χ3n) is 3.78. The first-order valence-corrected chi connectivity index (χ1v) is 7.38.